The number of hydrogen-bond donors (Lipinski definition) is 5. The van der Waals surface area contributed by atoms with Crippen LogP contribution in [0.3, 0.4) is 0 Å². The molecule has 6 aliphatic rings. The molecular weight excluding hydrogens is 797 g/mol. The molecule has 0 spiro atoms. The Hall–Kier alpha value is -5.66. The number of fused-ring (bicyclic) bond motifs is 5. The molecule has 0 aromatic heterocycles. The molecule has 14 heteroatoms. The number of rotatable bonds is 10. The normalized spacial score (nSPS) is 25.7. The Morgan fingerprint density at radius 3 is 2.73 bits per heavy atom. The number of Topliss-reactive ketones (excluding diaryl/α,β-unsaturated/α-hetero) is 1. The van der Waals surface area contributed by atoms with Gasteiger partial charge in [-0.05, 0) is 71.9 Å². The van der Waals surface area contributed by atoms with Gasteiger partial charge in [0.2, 0.25) is 6.29 Å². The van der Waals surface area contributed by atoms with Crippen molar-refractivity contribution < 1.29 is 58.8 Å². The Labute approximate surface area is 358 Å². The van der Waals surface area contributed by atoms with Gasteiger partial charge >= 0.3 is 0 Å². The van der Waals surface area contributed by atoms with Crippen LogP contribution in [0.25, 0.3) is 10.8 Å². The second kappa shape index (κ2) is 17.2. The lowest BCUT2D eigenvalue weighted by Crippen LogP contribution is -2.70. The van der Waals surface area contributed by atoms with Crippen molar-refractivity contribution in [2.24, 2.45) is 4.99 Å². The van der Waals surface area contributed by atoms with Crippen LogP contribution < -0.4 is 9.47 Å². The van der Waals surface area contributed by atoms with Crippen molar-refractivity contribution >= 4 is 28.7 Å². The van der Waals surface area contributed by atoms with Crippen molar-refractivity contribution in [2.45, 2.75) is 87.6 Å². The fourth-order valence-electron chi connectivity index (χ4n) is 9.49. The number of hydrogen-bond acceptors (Lipinski definition) is 13. The number of nitrogens with zero attached hydrogens (tertiary/aromatic N) is 2. The smallest absolute Gasteiger partial charge is 0.254 e. The Morgan fingerprint density at radius 1 is 1.10 bits per heavy atom. The number of ether oxygens (including phenoxy) is 5. The van der Waals surface area contributed by atoms with Crippen LogP contribution in [0.1, 0.15) is 81.8 Å². The van der Waals surface area contributed by atoms with Crippen molar-refractivity contribution in [3.05, 3.63) is 105 Å². The van der Waals surface area contributed by atoms with Gasteiger partial charge in [0.25, 0.3) is 5.91 Å². The lowest BCUT2D eigenvalue weighted by Gasteiger charge is -2.47. The Balaban J connectivity index is 1.11. The quantitative estimate of drug-likeness (QED) is 0.143. The highest BCUT2D eigenvalue weighted by Crippen LogP contribution is 2.47. The fraction of sp³-hybridized carbons (Fsp3) is 0.417. The molecule has 14 nitrogen and oxygen atoms in total. The lowest BCUT2D eigenvalue weighted by atomic mass is 9.86. The molecule has 5 unspecified atom stereocenters. The van der Waals surface area contributed by atoms with Gasteiger partial charge in [0.05, 0.1) is 49.6 Å². The number of allylic oxidation sites excluding steroid dienone is 4. The second-order valence-corrected chi connectivity index (χ2v) is 16.7. The van der Waals surface area contributed by atoms with E-state index in [0.717, 1.165) is 53.7 Å². The summed E-state index contributed by atoms with van der Waals surface area (Å²) in [5, 5.41) is 57.3. The number of phenols is 1. The van der Waals surface area contributed by atoms with E-state index in [2.05, 4.69) is 17.0 Å². The monoisotopic (exact) mass is 845 g/mol. The minimum absolute atomic E-state index is 0.0221. The summed E-state index contributed by atoms with van der Waals surface area (Å²) in [6, 6.07) is 10.3. The highest BCUT2D eigenvalue weighted by Gasteiger charge is 2.59. The second-order valence-electron chi connectivity index (χ2n) is 16.7. The predicted octanol–water partition coefficient (Wildman–Crippen LogP) is 4.34. The van der Waals surface area contributed by atoms with E-state index < -0.39 is 42.6 Å². The SMILES string of the molecule is COc1cc2c3c(O)c(c(C4CCCC4)cc3c1)C(=O)CN1Cc3c(cccc3C1=O)CC#COC1C(O)C(COCC3=C4[CH+]C(CCCO)=CC=C4N=C3)OC(O2)C1(O)CO. The van der Waals surface area contributed by atoms with E-state index in [9.17, 15) is 35.1 Å². The van der Waals surface area contributed by atoms with E-state index in [1.807, 2.05) is 30.7 Å². The van der Waals surface area contributed by atoms with Gasteiger partial charge in [0.15, 0.2) is 23.2 Å². The highest BCUT2D eigenvalue weighted by molar-refractivity contribution is 6.11. The summed E-state index contributed by atoms with van der Waals surface area (Å²) in [5.74, 6) is 2.08. The molecule has 3 aromatic carbocycles. The molecule has 2 aliphatic carbocycles. The van der Waals surface area contributed by atoms with Crippen LogP contribution >= 0.6 is 0 Å². The summed E-state index contributed by atoms with van der Waals surface area (Å²) >= 11 is 0. The molecule has 4 heterocycles. The zero-order valence-electron chi connectivity index (χ0n) is 34.3. The summed E-state index contributed by atoms with van der Waals surface area (Å²) in [7, 11) is 1.47. The molecule has 9 rings (SSSR count). The van der Waals surface area contributed by atoms with Crippen LogP contribution in [0.15, 0.2) is 76.0 Å². The number of amides is 1. The van der Waals surface area contributed by atoms with Crippen molar-refractivity contribution in [1.29, 1.82) is 0 Å². The molecule has 2 fully saturated rings. The highest BCUT2D eigenvalue weighted by atomic mass is 16.7. The largest absolute Gasteiger partial charge is 0.506 e. The van der Waals surface area contributed by atoms with Crippen LogP contribution in [-0.2, 0) is 27.2 Å². The number of phenolic OH excluding ortho intramolecular Hbond substituents is 1. The molecule has 6 bridgehead atoms. The topological polar surface area (TPSA) is 197 Å². The molecule has 322 valence electrons. The maximum Gasteiger partial charge on any atom is 0.254 e. The van der Waals surface area contributed by atoms with Crippen molar-refractivity contribution in [3.63, 3.8) is 0 Å². The van der Waals surface area contributed by atoms with Gasteiger partial charge in [-0.1, -0.05) is 30.9 Å². The number of carbonyl (C=O) groups is 2. The van der Waals surface area contributed by atoms with Gasteiger partial charge in [-0.2, -0.15) is 4.99 Å². The summed E-state index contributed by atoms with van der Waals surface area (Å²) in [4.78, 5) is 34.3. The van der Waals surface area contributed by atoms with E-state index in [0.29, 0.717) is 40.7 Å². The number of aliphatic hydroxyl groups excluding tert-OH is 3. The van der Waals surface area contributed by atoms with E-state index in [1.54, 1.807) is 24.4 Å². The van der Waals surface area contributed by atoms with E-state index >= 15 is 0 Å². The van der Waals surface area contributed by atoms with Gasteiger partial charge in [-0.3, -0.25) is 9.59 Å². The van der Waals surface area contributed by atoms with Gasteiger partial charge in [0, 0.05) is 55.3 Å². The lowest BCUT2D eigenvalue weighted by molar-refractivity contribution is -0.327. The minimum Gasteiger partial charge on any atom is -0.506 e. The number of carbonyl (C=O) groups excluding carboxylic acids is 2. The average Bonchev–Trinajstić information content (AvgIpc) is 4.03. The summed E-state index contributed by atoms with van der Waals surface area (Å²) in [6.07, 6.45) is 9.04. The third-order valence-corrected chi connectivity index (χ3v) is 12.8. The van der Waals surface area contributed by atoms with Crippen LogP contribution in [0.4, 0.5) is 0 Å². The van der Waals surface area contributed by atoms with Gasteiger partial charge in [-0.25, -0.2) is 0 Å². The third-order valence-electron chi connectivity index (χ3n) is 12.8. The number of aromatic hydroxyl groups is 1. The molecule has 1 amide bonds. The fourth-order valence-corrected chi connectivity index (χ4v) is 9.49. The molecule has 3 aromatic rings. The zero-order chi connectivity index (χ0) is 43.1. The molecule has 62 heavy (non-hydrogen) atoms. The zero-order valence-corrected chi connectivity index (χ0v) is 34.3. The molecule has 5 N–H and O–H groups in total. The first kappa shape index (κ1) is 41.7. The molecule has 5 atom stereocenters. The molecule has 1 saturated carbocycles. The molecule has 4 aliphatic heterocycles. The maximum atomic E-state index is 14.6. The number of benzene rings is 3. The number of aliphatic imine (C=N–C) groups is 1. The van der Waals surface area contributed by atoms with Crippen LogP contribution in [0.5, 0.6) is 17.2 Å². The Kier molecular flexibility index (Phi) is 11.6. The van der Waals surface area contributed by atoms with E-state index in [1.165, 1.54) is 18.1 Å². The Bertz CT molecular complexity index is 2490. The van der Waals surface area contributed by atoms with Crippen molar-refractivity contribution in [3.8, 4) is 29.3 Å². The Morgan fingerprint density at radius 2 is 1.94 bits per heavy atom. The first-order valence-electron chi connectivity index (χ1n) is 21.1. The van der Waals surface area contributed by atoms with E-state index in [-0.39, 0.29) is 73.6 Å². The maximum absolute atomic E-state index is 14.6. The van der Waals surface area contributed by atoms with Crippen LogP contribution in [-0.4, -0.2) is 119 Å². The molecular formula is C48H49N2O12+. The summed E-state index contributed by atoms with van der Waals surface area (Å²) in [5.41, 5.74) is 3.70. The van der Waals surface area contributed by atoms with E-state index in [4.69, 9.17) is 23.7 Å². The first-order chi connectivity index (χ1) is 30.1. The summed E-state index contributed by atoms with van der Waals surface area (Å²) < 4.78 is 30.6. The van der Waals surface area contributed by atoms with Gasteiger partial charge in [0.1, 0.15) is 47.7 Å². The minimum atomic E-state index is -2.44. The van der Waals surface area contributed by atoms with Gasteiger partial charge in [-0.15, -0.1) is 0 Å². The summed E-state index contributed by atoms with van der Waals surface area (Å²) in [6.45, 7) is -1.19. The average molecular weight is 846 g/mol. The van der Waals surface area contributed by atoms with Crippen LogP contribution in [0, 0.1) is 18.4 Å². The van der Waals surface area contributed by atoms with Crippen molar-refractivity contribution in [2.75, 3.05) is 40.1 Å². The molecule has 1 saturated heterocycles. The number of ketones is 1. The number of aliphatic hydroxyl groups is 4. The molecule has 0 radical (unpaired) electrons. The van der Waals surface area contributed by atoms with Crippen molar-refractivity contribution in [1.82, 2.24) is 4.90 Å². The third kappa shape index (κ3) is 7.52. The standard InChI is InChI=1S/C48H48N2O12/c1-58-32-18-30-19-35(28-8-2-3-9-28)42-38(53)23-50-22-36-29(10-4-12-33(36)46(50)56)11-6-16-60-45-43(54)40(62-47(48(45,57)26-52)61-39(20-32)41(30)44(42)55)25-59-24-31-21-49-37-14-13-27(7-5-15-51)17-34(31)37/h4,10,12-14,17-21,28,40,43,45,47,51-52,54,57H,2-3,5,7-9,11,15,22-26H2,1H3/p+1. The van der Waals surface area contributed by atoms with Crippen LogP contribution in [0.2, 0.25) is 0 Å². The number of methoxy groups -OCH3 is 1. The predicted molar refractivity (Wildman–Crippen MR) is 226 cm³/mol. The first-order valence-corrected chi connectivity index (χ1v) is 21.1. The van der Waals surface area contributed by atoms with Gasteiger partial charge < -0.3 is 54.1 Å².